The second-order valence-corrected chi connectivity index (χ2v) is 7.52. The molecule has 12 nitrogen and oxygen atoms in total. The molecule has 0 rings (SSSR count). The first-order valence-corrected chi connectivity index (χ1v) is 9.55. The highest BCUT2D eigenvalue weighted by molar-refractivity contribution is 5.94. The molecule has 0 aliphatic rings. The number of aliphatic carboxylic acids is 2. The van der Waals surface area contributed by atoms with E-state index in [9.17, 15) is 34.2 Å². The molecule has 0 heterocycles. The highest BCUT2D eigenvalue weighted by atomic mass is 16.4. The molecule has 0 saturated heterocycles. The van der Waals surface area contributed by atoms with Crippen molar-refractivity contribution in [1.82, 2.24) is 16.0 Å². The van der Waals surface area contributed by atoms with Crippen molar-refractivity contribution in [3.63, 3.8) is 0 Å². The fraction of sp³-hybridized carbons (Fsp3) is 0.722. The van der Waals surface area contributed by atoms with Gasteiger partial charge in [-0.3, -0.25) is 19.2 Å². The van der Waals surface area contributed by atoms with Crippen molar-refractivity contribution in [2.24, 2.45) is 11.7 Å². The number of hydrogen-bond acceptors (Lipinski definition) is 7. The number of carbonyl (C=O) groups is 5. The lowest BCUT2D eigenvalue weighted by molar-refractivity contribution is -0.143. The van der Waals surface area contributed by atoms with E-state index in [1.54, 1.807) is 13.8 Å². The third-order valence-corrected chi connectivity index (χ3v) is 4.18. The van der Waals surface area contributed by atoms with Gasteiger partial charge < -0.3 is 37.0 Å². The topological polar surface area (TPSA) is 208 Å². The molecule has 12 heteroatoms. The van der Waals surface area contributed by atoms with E-state index in [4.69, 9.17) is 10.8 Å². The molecule has 0 aromatic carbocycles. The molecule has 3 amide bonds. The van der Waals surface area contributed by atoms with Crippen LogP contribution in [0.4, 0.5) is 0 Å². The van der Waals surface area contributed by atoms with E-state index in [2.05, 4.69) is 16.0 Å². The van der Waals surface area contributed by atoms with Crippen LogP contribution in [0.1, 0.15) is 47.0 Å². The third-order valence-electron chi connectivity index (χ3n) is 4.18. The fourth-order valence-electron chi connectivity index (χ4n) is 2.39. The smallest absolute Gasteiger partial charge is 0.326 e. The zero-order valence-electron chi connectivity index (χ0n) is 17.5. The predicted molar refractivity (Wildman–Crippen MR) is 105 cm³/mol. The summed E-state index contributed by atoms with van der Waals surface area (Å²) in [5.41, 5.74) is 5.50. The van der Waals surface area contributed by atoms with Gasteiger partial charge in [-0.05, 0) is 32.6 Å². The van der Waals surface area contributed by atoms with E-state index < -0.39 is 66.4 Å². The summed E-state index contributed by atoms with van der Waals surface area (Å²) in [5, 5.41) is 34.3. The number of aliphatic hydroxyl groups is 1. The second-order valence-electron chi connectivity index (χ2n) is 7.52. The highest BCUT2D eigenvalue weighted by Crippen LogP contribution is 2.07. The van der Waals surface area contributed by atoms with Crippen molar-refractivity contribution < 1.29 is 39.3 Å². The molecule has 0 bridgehead atoms. The number of aliphatic hydroxyl groups excluding tert-OH is 1. The third kappa shape index (κ3) is 10.2. The number of nitrogens with two attached hydrogens (primary N) is 1. The van der Waals surface area contributed by atoms with Gasteiger partial charge in [0, 0.05) is 6.42 Å². The maximum Gasteiger partial charge on any atom is 0.326 e. The number of rotatable bonds is 13. The molecular weight excluding hydrogens is 400 g/mol. The molecule has 0 spiro atoms. The van der Waals surface area contributed by atoms with E-state index in [-0.39, 0.29) is 18.8 Å². The lowest BCUT2D eigenvalue weighted by atomic mass is 10.0. The molecule has 172 valence electrons. The van der Waals surface area contributed by atoms with Gasteiger partial charge in [-0.15, -0.1) is 0 Å². The standard InChI is InChI=1S/C18H32N4O8/c1-8(2)7-12(16(27)21-11(18(29)30)5-6-13(24)25)22-15(26)9(3)20-17(28)14(19)10(4)23/h8-12,14,23H,5-7,19H2,1-4H3,(H,20,28)(H,21,27)(H,22,26)(H,24,25)(H,29,30). The van der Waals surface area contributed by atoms with Crippen LogP contribution in [0, 0.1) is 5.92 Å². The van der Waals surface area contributed by atoms with Gasteiger partial charge in [0.05, 0.1) is 6.10 Å². The Balaban J connectivity index is 5.14. The minimum Gasteiger partial charge on any atom is -0.481 e. The van der Waals surface area contributed by atoms with Crippen molar-refractivity contribution in [3.8, 4) is 0 Å². The number of nitrogens with one attached hydrogen (secondary N) is 3. The van der Waals surface area contributed by atoms with E-state index in [1.807, 2.05) is 0 Å². The molecule has 0 fully saturated rings. The summed E-state index contributed by atoms with van der Waals surface area (Å²) in [5.74, 6) is -4.89. The molecule has 0 aliphatic carbocycles. The summed E-state index contributed by atoms with van der Waals surface area (Å²) in [6.07, 6.45) is -1.72. The van der Waals surface area contributed by atoms with Gasteiger partial charge in [0.1, 0.15) is 24.2 Å². The van der Waals surface area contributed by atoms with Gasteiger partial charge >= 0.3 is 11.9 Å². The lowest BCUT2D eigenvalue weighted by Gasteiger charge is -2.25. The Bertz CT molecular complexity index is 638. The van der Waals surface area contributed by atoms with Crippen LogP contribution >= 0.6 is 0 Å². The Kier molecular flexibility index (Phi) is 11.6. The normalized spacial score (nSPS) is 16.0. The highest BCUT2D eigenvalue weighted by Gasteiger charge is 2.30. The quantitative estimate of drug-likeness (QED) is 0.174. The minimum atomic E-state index is -1.43. The summed E-state index contributed by atoms with van der Waals surface area (Å²) < 4.78 is 0. The first-order valence-electron chi connectivity index (χ1n) is 9.55. The fourth-order valence-corrected chi connectivity index (χ4v) is 2.39. The molecule has 0 aromatic heterocycles. The second kappa shape index (κ2) is 12.8. The Hall–Kier alpha value is -2.73. The molecule has 5 unspecified atom stereocenters. The predicted octanol–water partition coefficient (Wildman–Crippen LogP) is -1.84. The van der Waals surface area contributed by atoms with Crippen LogP contribution in [0.25, 0.3) is 0 Å². The van der Waals surface area contributed by atoms with E-state index in [0.717, 1.165) is 0 Å². The van der Waals surface area contributed by atoms with Gasteiger partial charge in [-0.2, -0.15) is 0 Å². The summed E-state index contributed by atoms with van der Waals surface area (Å²) >= 11 is 0. The number of hydrogen-bond donors (Lipinski definition) is 7. The van der Waals surface area contributed by atoms with E-state index in [1.165, 1.54) is 13.8 Å². The number of carbonyl (C=O) groups excluding carboxylic acids is 3. The minimum absolute atomic E-state index is 0.0445. The maximum atomic E-state index is 12.5. The Labute approximate surface area is 174 Å². The van der Waals surface area contributed by atoms with Gasteiger partial charge in [0.25, 0.3) is 0 Å². The number of carboxylic acids is 2. The molecule has 0 radical (unpaired) electrons. The zero-order chi connectivity index (χ0) is 23.6. The lowest BCUT2D eigenvalue weighted by Crippen LogP contribution is -2.57. The molecule has 8 N–H and O–H groups in total. The van der Waals surface area contributed by atoms with Crippen molar-refractivity contribution in [1.29, 1.82) is 0 Å². The van der Waals surface area contributed by atoms with Gasteiger partial charge in [0.15, 0.2) is 0 Å². The van der Waals surface area contributed by atoms with Gasteiger partial charge in [-0.1, -0.05) is 13.8 Å². The number of carboxylic acid groups (broad SMARTS) is 2. The van der Waals surface area contributed by atoms with Crippen molar-refractivity contribution in [2.45, 2.75) is 77.2 Å². The summed E-state index contributed by atoms with van der Waals surface area (Å²) in [4.78, 5) is 58.8. The van der Waals surface area contributed by atoms with Crippen molar-refractivity contribution in [3.05, 3.63) is 0 Å². The average molecular weight is 432 g/mol. The molecular formula is C18H32N4O8. The summed E-state index contributed by atoms with van der Waals surface area (Å²) in [6, 6.07) is -4.84. The zero-order valence-corrected chi connectivity index (χ0v) is 17.5. The average Bonchev–Trinajstić information content (AvgIpc) is 2.62. The largest absolute Gasteiger partial charge is 0.481 e. The Morgan fingerprint density at radius 1 is 0.833 bits per heavy atom. The van der Waals surface area contributed by atoms with Crippen molar-refractivity contribution >= 4 is 29.7 Å². The van der Waals surface area contributed by atoms with Crippen LogP contribution in [-0.2, 0) is 24.0 Å². The first-order chi connectivity index (χ1) is 13.8. The van der Waals surface area contributed by atoms with Crippen LogP contribution in [0.15, 0.2) is 0 Å². The van der Waals surface area contributed by atoms with Crippen molar-refractivity contribution in [2.75, 3.05) is 0 Å². The first kappa shape index (κ1) is 27.3. The van der Waals surface area contributed by atoms with Crippen LogP contribution < -0.4 is 21.7 Å². The molecule has 5 atom stereocenters. The Morgan fingerprint density at radius 3 is 1.80 bits per heavy atom. The maximum absolute atomic E-state index is 12.5. The van der Waals surface area contributed by atoms with E-state index in [0.29, 0.717) is 0 Å². The number of amides is 3. The molecule has 0 saturated carbocycles. The molecule has 30 heavy (non-hydrogen) atoms. The van der Waals surface area contributed by atoms with Crippen LogP contribution in [0.3, 0.4) is 0 Å². The Morgan fingerprint density at radius 2 is 1.37 bits per heavy atom. The van der Waals surface area contributed by atoms with Gasteiger partial charge in [0.2, 0.25) is 17.7 Å². The van der Waals surface area contributed by atoms with Crippen LogP contribution in [-0.4, -0.2) is 75.3 Å². The van der Waals surface area contributed by atoms with Crippen LogP contribution in [0.5, 0.6) is 0 Å². The van der Waals surface area contributed by atoms with Crippen LogP contribution in [0.2, 0.25) is 0 Å². The molecule has 0 aliphatic heterocycles. The summed E-state index contributed by atoms with van der Waals surface area (Å²) in [6.45, 7) is 6.26. The summed E-state index contributed by atoms with van der Waals surface area (Å²) in [7, 11) is 0. The van der Waals surface area contributed by atoms with E-state index >= 15 is 0 Å². The molecule has 0 aromatic rings. The monoisotopic (exact) mass is 432 g/mol. The van der Waals surface area contributed by atoms with Gasteiger partial charge in [-0.25, -0.2) is 4.79 Å². The SMILES string of the molecule is CC(C)CC(NC(=O)C(C)NC(=O)C(N)C(C)O)C(=O)NC(CCC(=O)O)C(=O)O.